The Bertz CT molecular complexity index is 2950. The molecule has 3 saturated heterocycles. The summed E-state index contributed by atoms with van der Waals surface area (Å²) in [6.45, 7) is 8.12. The lowest BCUT2D eigenvalue weighted by Gasteiger charge is -2.40. The van der Waals surface area contributed by atoms with Crippen molar-refractivity contribution in [2.75, 3.05) is 40.4 Å². The molecule has 3 atom stereocenters. The number of aromatic nitrogens is 1. The number of nitrogens with zero attached hydrogens (tertiary/aromatic N) is 5. The number of ether oxygens (including phenoxy) is 5. The van der Waals surface area contributed by atoms with Crippen molar-refractivity contribution in [3.05, 3.63) is 98.5 Å². The summed E-state index contributed by atoms with van der Waals surface area (Å²) in [5, 5.41) is 8.30. The minimum absolute atomic E-state index is 0.00505. The molecule has 4 heterocycles. The quantitative estimate of drug-likeness (QED) is 0.0191. The molecule has 1 unspecified atom stereocenters. The number of ketones is 3. The summed E-state index contributed by atoms with van der Waals surface area (Å²) in [5.41, 5.74) is 1.02. The lowest BCUT2D eigenvalue weighted by Crippen LogP contribution is -2.60. The van der Waals surface area contributed by atoms with Crippen LogP contribution in [0.3, 0.4) is 0 Å². The largest absolute Gasteiger partial charge is 0.541 e. The van der Waals surface area contributed by atoms with Gasteiger partial charge in [0.15, 0.2) is 23.0 Å². The van der Waals surface area contributed by atoms with E-state index in [2.05, 4.69) is 25.5 Å². The molecule has 76 heavy (non-hydrogen) atoms. The van der Waals surface area contributed by atoms with Gasteiger partial charge in [-0.2, -0.15) is 0 Å². The highest BCUT2D eigenvalue weighted by molar-refractivity contribution is 8.02. The molecule has 5 amide bonds. The maximum Gasteiger partial charge on any atom is 0.378 e. The molecule has 3 aromatic carbocycles. The van der Waals surface area contributed by atoms with E-state index in [-0.39, 0.29) is 66.3 Å². The van der Waals surface area contributed by atoms with Crippen LogP contribution in [-0.2, 0) is 51.4 Å². The van der Waals surface area contributed by atoms with Crippen molar-refractivity contribution in [3.63, 3.8) is 0 Å². The number of thioether (sulfide) groups is 1. The number of methoxy groups -OCH3 is 2. The molecule has 3 aliphatic heterocycles. The van der Waals surface area contributed by atoms with Gasteiger partial charge in [0, 0.05) is 23.9 Å². The fraction of sp³-hybridized carbons (Fsp3) is 0.400. The Morgan fingerprint density at radius 3 is 2.09 bits per heavy atom. The summed E-state index contributed by atoms with van der Waals surface area (Å²) in [6, 6.07) is 14.9. The molecule has 0 aliphatic carbocycles. The number of β-lactam (4-membered cyclic amide) rings is 1. The van der Waals surface area contributed by atoms with Gasteiger partial charge in [0.1, 0.15) is 36.0 Å². The number of fused-ring (bicyclic) bond motifs is 1. The number of hydrazine groups is 1. The van der Waals surface area contributed by atoms with Crippen LogP contribution in [0.25, 0.3) is 0 Å². The number of rotatable bonds is 22. The molecule has 2 radical (unpaired) electrons. The second kappa shape index (κ2) is 23.3. The maximum absolute atomic E-state index is 14.0. The molecular weight excluding hydrogens is 1050 g/mol. The van der Waals surface area contributed by atoms with Crippen molar-refractivity contribution in [3.8, 4) is 23.0 Å². The molecule has 4 aromatic rings. The van der Waals surface area contributed by atoms with E-state index in [1.807, 2.05) is 0 Å². The lowest BCUT2D eigenvalue weighted by molar-refractivity contribution is -0.179. The summed E-state index contributed by atoms with van der Waals surface area (Å²) in [5.74, 6) is -4.73. The molecule has 3 fully saturated rings. The van der Waals surface area contributed by atoms with E-state index in [1.54, 1.807) is 88.7 Å². The van der Waals surface area contributed by atoms with Gasteiger partial charge in [-0.25, -0.2) is 29.8 Å². The number of hydrogen-bond acceptors (Lipinski definition) is 19. The Morgan fingerprint density at radius 2 is 1.51 bits per heavy atom. The molecule has 26 heteroatoms. The third kappa shape index (κ3) is 12.5. The van der Waals surface area contributed by atoms with E-state index >= 15 is 0 Å². The zero-order valence-electron chi connectivity index (χ0n) is 42.6. The van der Waals surface area contributed by atoms with E-state index in [4.69, 9.17) is 48.2 Å². The average molecular weight is 1100 g/mol. The van der Waals surface area contributed by atoms with Crippen molar-refractivity contribution >= 4 is 95.7 Å². The first-order chi connectivity index (χ1) is 36.0. The molecule has 0 saturated carbocycles. The van der Waals surface area contributed by atoms with E-state index < -0.39 is 87.6 Å². The number of hydrogen-bond donors (Lipinski definition) is 2. The number of carbonyl (C=O) groups is 8. The smallest absolute Gasteiger partial charge is 0.378 e. The first kappa shape index (κ1) is 56.4. The van der Waals surface area contributed by atoms with Crippen LogP contribution in [0.5, 0.6) is 23.0 Å². The van der Waals surface area contributed by atoms with Gasteiger partial charge >= 0.3 is 32.0 Å². The van der Waals surface area contributed by atoms with Crippen LogP contribution in [0.2, 0.25) is 5.02 Å². The van der Waals surface area contributed by atoms with Crippen LogP contribution in [0.4, 0.5) is 9.59 Å². The van der Waals surface area contributed by atoms with E-state index in [1.165, 1.54) is 49.3 Å². The van der Waals surface area contributed by atoms with Crippen molar-refractivity contribution in [2.45, 2.75) is 82.6 Å². The third-order valence-corrected chi connectivity index (χ3v) is 14.8. The van der Waals surface area contributed by atoms with E-state index in [0.717, 1.165) is 32.8 Å². The number of amides is 5. The molecule has 0 spiro atoms. The number of aryl methyl sites for hydroxylation is 1. The summed E-state index contributed by atoms with van der Waals surface area (Å²) in [7, 11) is 8.48. The highest BCUT2D eigenvalue weighted by atomic mass is 35.5. The van der Waals surface area contributed by atoms with Crippen LogP contribution in [0, 0.1) is 12.8 Å². The SMILES string of the molecule is [B]OC(=O)[C@@]1(N2CCN(NC(=O)NCC(=O)C(=O)c3ccc(OCc4ccc(OC)cc4)c(OCc4ccc(OC)cc4)c3Cl)C2=O)CN2C(=O)C(CC(=O)/C(=N\OC(C)(C)C(=O)OC(C)(C)C)c3csc(C)n3)[C@H]2S1. The fourth-order valence-electron chi connectivity index (χ4n) is 7.89. The van der Waals surface area contributed by atoms with Gasteiger partial charge in [-0.05, 0) is 89.1 Å². The summed E-state index contributed by atoms with van der Waals surface area (Å²) in [6.07, 6.45) is -0.424. The second-order valence-corrected chi connectivity index (χ2v) is 21.7. The Balaban J connectivity index is 0.983. The van der Waals surface area contributed by atoms with Gasteiger partial charge in [0.2, 0.25) is 27.9 Å². The molecule has 2 N–H and O–H groups in total. The molecule has 3 aliphatic rings. The van der Waals surface area contributed by atoms with Crippen molar-refractivity contribution in [2.24, 2.45) is 11.1 Å². The first-order valence-electron chi connectivity index (χ1n) is 23.4. The molecule has 400 valence electrons. The van der Waals surface area contributed by atoms with Gasteiger partial charge in [0.05, 0.1) is 55.2 Å². The predicted molar refractivity (Wildman–Crippen MR) is 276 cm³/mol. The maximum atomic E-state index is 14.0. The number of carbonyl (C=O) groups excluding carboxylic acids is 8. The molecule has 1 aromatic heterocycles. The number of urea groups is 2. The standard InChI is InChI=1S/C50H53BClN7O15S2/c1-27-54-34(25-75-27)39(56-74-49(5,6)44(64)72-48(2,3)4)35(60)21-33-42(63)57-26-50(45(65)73-51,76-43(33)57)58-19-20-59(47(58)67)55-46(66)53-22-36(61)40(62)32-17-18-37(70-23-28-9-13-30(68-7)14-10-28)41(38(32)52)71-24-29-11-15-31(69-8)16-12-29/h9-18,25,33,43H,19-24,26H2,1-8H3,(H2,53,55,66)/b56-39-/t33?,43-,50-/m1/s1. The molecule has 22 nitrogen and oxygen atoms in total. The predicted octanol–water partition coefficient (Wildman–Crippen LogP) is 5.34. The second-order valence-electron chi connectivity index (χ2n) is 18.9. The number of benzene rings is 3. The van der Waals surface area contributed by atoms with Crippen molar-refractivity contribution in [1.29, 1.82) is 0 Å². The third-order valence-electron chi connectivity index (χ3n) is 11.9. The van der Waals surface area contributed by atoms with Crippen LogP contribution >= 0.6 is 34.7 Å². The molecule has 7 rings (SSSR count). The van der Waals surface area contributed by atoms with Gasteiger partial charge < -0.3 is 43.4 Å². The number of nitrogens with one attached hydrogen (secondary N) is 2. The van der Waals surface area contributed by atoms with Gasteiger partial charge in [0.25, 0.3) is 0 Å². The van der Waals surface area contributed by atoms with Crippen molar-refractivity contribution < 1.29 is 71.5 Å². The van der Waals surface area contributed by atoms with Crippen LogP contribution in [0.1, 0.15) is 73.2 Å². The molecule has 0 bridgehead atoms. The van der Waals surface area contributed by atoms with Crippen LogP contribution in [0.15, 0.2) is 71.2 Å². The fourth-order valence-corrected chi connectivity index (χ4v) is 10.5. The van der Waals surface area contributed by atoms with Crippen LogP contribution in [-0.4, -0.2) is 143 Å². The number of oxime groups is 1. The zero-order valence-corrected chi connectivity index (χ0v) is 45.0. The van der Waals surface area contributed by atoms with Gasteiger partial charge in [-0.1, -0.05) is 52.8 Å². The van der Waals surface area contributed by atoms with E-state index in [0.29, 0.717) is 16.5 Å². The minimum atomic E-state index is -1.92. The van der Waals surface area contributed by atoms with Crippen LogP contribution < -0.4 is 29.7 Å². The Morgan fingerprint density at radius 1 is 0.882 bits per heavy atom. The van der Waals surface area contributed by atoms with Gasteiger partial charge in [-0.3, -0.25) is 28.9 Å². The highest BCUT2D eigenvalue weighted by Crippen LogP contribution is 2.53. The Hall–Kier alpha value is -7.38. The monoisotopic (exact) mass is 1100 g/mol. The highest BCUT2D eigenvalue weighted by Gasteiger charge is 2.66. The average Bonchev–Trinajstić information content (AvgIpc) is 4.11. The minimum Gasteiger partial charge on any atom is -0.541 e. The Labute approximate surface area is 451 Å². The number of esters is 1. The summed E-state index contributed by atoms with van der Waals surface area (Å²) in [4.78, 5) is 119. The number of halogens is 1. The summed E-state index contributed by atoms with van der Waals surface area (Å²) < 4.78 is 32.7. The number of Topliss-reactive ketones (excluding diaryl/α,β-unsaturated/α-hetero) is 3. The number of thiazole rings is 1. The zero-order chi connectivity index (χ0) is 55.3. The first-order valence-corrected chi connectivity index (χ1v) is 25.5. The molecular formula is C50H53BClN7O15S2. The summed E-state index contributed by atoms with van der Waals surface area (Å²) >= 11 is 8.87. The topological polar surface area (TPSA) is 260 Å². The normalized spacial score (nSPS) is 18.3. The Kier molecular flexibility index (Phi) is 17.2. The lowest BCUT2D eigenvalue weighted by atomic mass is 9.90. The van der Waals surface area contributed by atoms with Gasteiger partial charge in [-0.15, -0.1) is 11.3 Å². The van der Waals surface area contributed by atoms with E-state index in [9.17, 15) is 38.4 Å². The van der Waals surface area contributed by atoms with Crippen molar-refractivity contribution in [1.82, 2.24) is 30.5 Å².